The first kappa shape index (κ1) is 23.5. The fraction of sp³-hybridized carbons (Fsp3) is 0.423. The van der Waals surface area contributed by atoms with Crippen LogP contribution in [0.4, 0.5) is 0 Å². The summed E-state index contributed by atoms with van der Waals surface area (Å²) in [6.45, 7) is 9.54. The van der Waals surface area contributed by atoms with E-state index in [0.717, 1.165) is 59.6 Å². The predicted molar refractivity (Wildman–Crippen MR) is 125 cm³/mol. The van der Waals surface area contributed by atoms with E-state index in [1.54, 1.807) is 7.11 Å². The van der Waals surface area contributed by atoms with Crippen molar-refractivity contribution in [1.29, 1.82) is 0 Å². The molecule has 2 aromatic carbocycles. The van der Waals surface area contributed by atoms with E-state index < -0.39 is 0 Å². The standard InChI is InChI=1S/C26H35NO3/c1-6-8-15-29-24-17-20(3)26(21(4)18-24)30-16-10-13-22-12-9-14-23(19-22)25(11-7-2)27-28-5/h6,8-9,12,14,17-19H,7,10-11,13,15-16H2,1-5H3/b8-6+,27-25+. The van der Waals surface area contributed by atoms with Gasteiger partial charge in [0, 0.05) is 0 Å². The molecule has 0 amide bonds. The minimum absolute atomic E-state index is 0.587. The van der Waals surface area contributed by atoms with E-state index in [9.17, 15) is 0 Å². The Labute approximate surface area is 181 Å². The maximum Gasteiger partial charge on any atom is 0.125 e. The second-order valence-corrected chi connectivity index (χ2v) is 7.39. The number of allylic oxidation sites excluding steroid dienone is 1. The Balaban J connectivity index is 1.92. The summed E-state index contributed by atoms with van der Waals surface area (Å²) in [7, 11) is 1.60. The largest absolute Gasteiger partial charge is 0.493 e. The minimum Gasteiger partial charge on any atom is -0.493 e. The smallest absolute Gasteiger partial charge is 0.125 e. The lowest BCUT2D eigenvalue weighted by Gasteiger charge is -2.14. The molecule has 0 aliphatic carbocycles. The number of hydrogen-bond acceptors (Lipinski definition) is 4. The topological polar surface area (TPSA) is 40.0 Å². The molecule has 0 saturated carbocycles. The Morgan fingerprint density at radius 3 is 2.50 bits per heavy atom. The first-order valence-electron chi connectivity index (χ1n) is 10.8. The van der Waals surface area contributed by atoms with Crippen molar-refractivity contribution in [2.24, 2.45) is 5.16 Å². The highest BCUT2D eigenvalue weighted by Crippen LogP contribution is 2.28. The van der Waals surface area contributed by atoms with Gasteiger partial charge in [-0.2, -0.15) is 0 Å². The zero-order valence-corrected chi connectivity index (χ0v) is 19.0. The lowest BCUT2D eigenvalue weighted by Crippen LogP contribution is -2.05. The van der Waals surface area contributed by atoms with Crippen LogP contribution >= 0.6 is 0 Å². The van der Waals surface area contributed by atoms with Crippen LogP contribution in [0.15, 0.2) is 53.7 Å². The third-order valence-electron chi connectivity index (χ3n) is 4.82. The summed E-state index contributed by atoms with van der Waals surface area (Å²) in [4.78, 5) is 5.01. The summed E-state index contributed by atoms with van der Waals surface area (Å²) in [5.41, 5.74) is 5.63. The molecular formula is C26H35NO3. The van der Waals surface area contributed by atoms with Crippen LogP contribution in [0, 0.1) is 13.8 Å². The quantitative estimate of drug-likeness (QED) is 0.176. The third kappa shape index (κ3) is 7.25. The number of nitrogens with zero attached hydrogens (tertiary/aromatic N) is 1. The normalized spacial score (nSPS) is 11.7. The molecule has 4 heteroatoms. The fourth-order valence-electron chi connectivity index (χ4n) is 3.41. The van der Waals surface area contributed by atoms with Gasteiger partial charge in [-0.25, -0.2) is 0 Å². The molecule has 0 atom stereocenters. The summed E-state index contributed by atoms with van der Waals surface area (Å²) >= 11 is 0. The Morgan fingerprint density at radius 2 is 1.83 bits per heavy atom. The monoisotopic (exact) mass is 409 g/mol. The van der Waals surface area contributed by atoms with Gasteiger partial charge < -0.3 is 14.3 Å². The summed E-state index contributed by atoms with van der Waals surface area (Å²) in [5.74, 6) is 1.84. The van der Waals surface area contributed by atoms with Crippen molar-refractivity contribution in [3.8, 4) is 11.5 Å². The summed E-state index contributed by atoms with van der Waals surface area (Å²) in [5, 5.41) is 4.19. The maximum atomic E-state index is 6.11. The number of ether oxygens (including phenoxy) is 2. The van der Waals surface area contributed by atoms with Crippen molar-refractivity contribution in [2.75, 3.05) is 20.3 Å². The minimum atomic E-state index is 0.587. The molecular weight excluding hydrogens is 374 g/mol. The van der Waals surface area contributed by atoms with Gasteiger partial charge in [-0.3, -0.25) is 0 Å². The first-order valence-corrected chi connectivity index (χ1v) is 10.8. The molecule has 0 bridgehead atoms. The number of rotatable bonds is 12. The average molecular weight is 410 g/mol. The Bertz CT molecular complexity index is 832. The molecule has 0 saturated heterocycles. The van der Waals surface area contributed by atoms with Crippen molar-refractivity contribution in [1.82, 2.24) is 0 Å². The lowest BCUT2D eigenvalue weighted by atomic mass is 10.0. The van der Waals surface area contributed by atoms with Gasteiger partial charge in [-0.1, -0.05) is 48.9 Å². The molecule has 2 aromatic rings. The number of aryl methyl sites for hydroxylation is 3. The van der Waals surface area contributed by atoms with Crippen molar-refractivity contribution in [3.63, 3.8) is 0 Å². The van der Waals surface area contributed by atoms with Crippen LogP contribution in [-0.4, -0.2) is 26.0 Å². The lowest BCUT2D eigenvalue weighted by molar-refractivity contribution is 0.213. The maximum absolute atomic E-state index is 6.11. The first-order chi connectivity index (χ1) is 14.6. The molecule has 0 fully saturated rings. The van der Waals surface area contributed by atoms with E-state index in [1.165, 1.54) is 5.56 Å². The van der Waals surface area contributed by atoms with Gasteiger partial charge in [0.25, 0.3) is 0 Å². The van der Waals surface area contributed by atoms with Gasteiger partial charge in [0.2, 0.25) is 0 Å². The summed E-state index contributed by atoms with van der Waals surface area (Å²) in [6, 6.07) is 12.6. The van der Waals surface area contributed by atoms with Gasteiger partial charge in [0.1, 0.15) is 25.2 Å². The molecule has 0 unspecified atom stereocenters. The zero-order valence-electron chi connectivity index (χ0n) is 19.0. The molecule has 0 radical (unpaired) electrons. The molecule has 0 aromatic heterocycles. The van der Waals surface area contributed by atoms with E-state index in [1.807, 2.05) is 31.2 Å². The molecule has 0 aliphatic rings. The van der Waals surface area contributed by atoms with Crippen molar-refractivity contribution in [3.05, 3.63) is 70.8 Å². The zero-order chi connectivity index (χ0) is 21.8. The van der Waals surface area contributed by atoms with Gasteiger partial charge >= 0.3 is 0 Å². The van der Waals surface area contributed by atoms with E-state index in [2.05, 4.69) is 50.2 Å². The summed E-state index contributed by atoms with van der Waals surface area (Å²) in [6.07, 6.45) is 7.85. The van der Waals surface area contributed by atoms with E-state index in [-0.39, 0.29) is 0 Å². The van der Waals surface area contributed by atoms with Crippen LogP contribution in [0.2, 0.25) is 0 Å². The highest BCUT2D eigenvalue weighted by atomic mass is 16.6. The van der Waals surface area contributed by atoms with Crippen LogP contribution in [0.25, 0.3) is 0 Å². The Hall–Kier alpha value is -2.75. The Morgan fingerprint density at radius 1 is 1.07 bits per heavy atom. The summed E-state index contributed by atoms with van der Waals surface area (Å²) < 4.78 is 11.9. The van der Waals surface area contributed by atoms with Crippen molar-refractivity contribution >= 4 is 5.71 Å². The molecule has 0 N–H and O–H groups in total. The molecule has 2 rings (SSSR count). The number of hydrogen-bond donors (Lipinski definition) is 0. The SMILES string of the molecule is C/C=C/COc1cc(C)c(OCCCc2cccc(/C(CCC)=N/OC)c2)c(C)c1. The van der Waals surface area contributed by atoms with Crippen LogP contribution in [0.3, 0.4) is 0 Å². The van der Waals surface area contributed by atoms with Crippen LogP contribution in [0.1, 0.15) is 55.4 Å². The molecule has 0 heterocycles. The molecule has 0 spiro atoms. The van der Waals surface area contributed by atoms with Gasteiger partial charge in [0.15, 0.2) is 0 Å². The van der Waals surface area contributed by atoms with Crippen LogP contribution < -0.4 is 9.47 Å². The van der Waals surface area contributed by atoms with Gasteiger partial charge in [-0.05, 0) is 80.5 Å². The van der Waals surface area contributed by atoms with Crippen molar-refractivity contribution < 1.29 is 14.3 Å². The highest BCUT2D eigenvalue weighted by Gasteiger charge is 2.08. The van der Waals surface area contributed by atoms with Gasteiger partial charge in [0.05, 0.1) is 12.3 Å². The van der Waals surface area contributed by atoms with Crippen molar-refractivity contribution in [2.45, 2.75) is 53.4 Å². The Kier molecular flexibility index (Phi) is 9.99. The predicted octanol–water partition coefficient (Wildman–Crippen LogP) is 6.42. The van der Waals surface area contributed by atoms with Crippen LogP contribution in [-0.2, 0) is 11.3 Å². The van der Waals surface area contributed by atoms with E-state index >= 15 is 0 Å². The average Bonchev–Trinajstić information content (AvgIpc) is 2.73. The fourth-order valence-corrected chi connectivity index (χ4v) is 3.41. The van der Waals surface area contributed by atoms with Gasteiger partial charge in [-0.15, -0.1) is 0 Å². The van der Waals surface area contributed by atoms with E-state index in [0.29, 0.717) is 13.2 Å². The third-order valence-corrected chi connectivity index (χ3v) is 4.82. The number of oxime groups is 1. The second kappa shape index (κ2) is 12.7. The highest BCUT2D eigenvalue weighted by molar-refractivity contribution is 6.00. The molecule has 4 nitrogen and oxygen atoms in total. The number of benzene rings is 2. The second-order valence-electron chi connectivity index (χ2n) is 7.39. The van der Waals surface area contributed by atoms with E-state index in [4.69, 9.17) is 14.3 Å². The van der Waals surface area contributed by atoms with Crippen LogP contribution in [0.5, 0.6) is 11.5 Å². The molecule has 162 valence electrons. The molecule has 30 heavy (non-hydrogen) atoms. The molecule has 0 aliphatic heterocycles.